The molecule has 1 rings (SSSR count). The molecule has 1 aromatic heterocycles. The molecular weight excluding hydrogens is 206 g/mol. The number of nitrogens with zero attached hydrogens (tertiary/aromatic N) is 1. The van der Waals surface area contributed by atoms with E-state index < -0.39 is 9.92 Å². The van der Waals surface area contributed by atoms with Gasteiger partial charge in [0.1, 0.15) is 14.1 Å². The molecule has 6 heteroatoms. The maximum Gasteiger partial charge on any atom is 0.143 e. The van der Waals surface area contributed by atoms with Crippen LogP contribution in [0.2, 0.25) is 0 Å². The minimum absolute atomic E-state index is 0.291. The summed E-state index contributed by atoms with van der Waals surface area (Å²) in [6, 6.07) is 0. The van der Waals surface area contributed by atoms with E-state index in [9.17, 15) is 4.21 Å². The van der Waals surface area contributed by atoms with Crippen LogP contribution in [0.5, 0.6) is 0 Å². The quantitative estimate of drug-likeness (QED) is 0.796. The van der Waals surface area contributed by atoms with Crippen molar-refractivity contribution in [1.82, 2.24) is 4.98 Å². The molecule has 0 aliphatic heterocycles. The molecule has 3 N–H and O–H groups in total. The maximum atomic E-state index is 11.3. The minimum Gasteiger partial charge on any atom is -0.245 e. The fraction of sp³-hybridized carbons (Fsp3) is 0.571. The zero-order valence-corrected chi connectivity index (χ0v) is 9.46. The fourth-order valence-corrected chi connectivity index (χ4v) is 2.97. The lowest BCUT2D eigenvalue weighted by atomic mass is 10.2. The predicted molar refractivity (Wildman–Crippen MR) is 54.3 cm³/mol. The molecule has 0 saturated carbocycles. The number of hydrogen-bond acceptors (Lipinski definition) is 4. The Balaban J connectivity index is 3.27. The van der Waals surface area contributed by atoms with Crippen LogP contribution in [0.3, 0.4) is 0 Å². The second-order valence-corrected chi connectivity index (χ2v) is 6.08. The van der Waals surface area contributed by atoms with Gasteiger partial charge in [-0.3, -0.25) is 0 Å². The molecular formula is C7H13N3OS2. The van der Waals surface area contributed by atoms with Crippen molar-refractivity contribution in [2.24, 2.45) is 5.14 Å². The van der Waals surface area contributed by atoms with E-state index in [1.807, 2.05) is 13.8 Å². The van der Waals surface area contributed by atoms with Crippen LogP contribution in [0.15, 0.2) is 4.21 Å². The van der Waals surface area contributed by atoms with Crippen LogP contribution in [0.1, 0.15) is 30.5 Å². The molecule has 1 heterocycles. The summed E-state index contributed by atoms with van der Waals surface area (Å²) in [5, 5.41) is 6.12. The van der Waals surface area contributed by atoms with Crippen molar-refractivity contribution in [1.29, 1.82) is 4.78 Å². The predicted octanol–water partition coefficient (Wildman–Crippen LogP) is 1.85. The molecule has 0 amide bonds. The van der Waals surface area contributed by atoms with Gasteiger partial charge in [0.2, 0.25) is 0 Å². The van der Waals surface area contributed by atoms with Gasteiger partial charge in [0.05, 0.1) is 10.7 Å². The van der Waals surface area contributed by atoms with Crippen molar-refractivity contribution >= 4 is 21.3 Å². The summed E-state index contributed by atoms with van der Waals surface area (Å²) in [6.07, 6.45) is 0. The molecule has 0 aliphatic carbocycles. The Kier molecular flexibility index (Phi) is 2.74. The van der Waals surface area contributed by atoms with Crippen molar-refractivity contribution in [3.05, 3.63) is 10.7 Å². The largest absolute Gasteiger partial charge is 0.245 e. The zero-order valence-electron chi connectivity index (χ0n) is 7.83. The van der Waals surface area contributed by atoms with Crippen LogP contribution in [0.4, 0.5) is 0 Å². The first kappa shape index (κ1) is 10.6. The van der Waals surface area contributed by atoms with Gasteiger partial charge in [-0.1, -0.05) is 13.8 Å². The Morgan fingerprint density at radius 1 is 1.62 bits per heavy atom. The second kappa shape index (κ2) is 3.36. The van der Waals surface area contributed by atoms with Crippen LogP contribution >= 0.6 is 11.3 Å². The Bertz CT molecular complexity index is 405. The number of hydrogen-bond donors (Lipinski definition) is 2. The molecule has 0 fully saturated rings. The summed E-state index contributed by atoms with van der Waals surface area (Å²) in [6.45, 7) is 5.74. The molecule has 0 bridgehead atoms. The van der Waals surface area contributed by atoms with Crippen LogP contribution in [-0.4, -0.2) is 9.19 Å². The van der Waals surface area contributed by atoms with Crippen LogP contribution in [-0.2, 0) is 9.92 Å². The Morgan fingerprint density at radius 2 is 2.15 bits per heavy atom. The fourth-order valence-electron chi connectivity index (χ4n) is 0.931. The highest BCUT2D eigenvalue weighted by atomic mass is 32.2. The van der Waals surface area contributed by atoms with Crippen LogP contribution in [0, 0.1) is 11.7 Å². The summed E-state index contributed by atoms with van der Waals surface area (Å²) in [7, 11) is -3.09. The topological polar surface area (TPSA) is 79.8 Å². The lowest BCUT2D eigenvalue weighted by Gasteiger charge is -1.96. The molecule has 0 aromatic carbocycles. The SMILES string of the molecule is Cc1nc(C(C)C)sc1S(=N)(N)=O. The number of aryl methyl sites for hydroxylation is 1. The maximum absolute atomic E-state index is 11.3. The number of nitrogens with two attached hydrogens (primary N) is 1. The lowest BCUT2D eigenvalue weighted by molar-refractivity contribution is 0.677. The molecule has 0 aliphatic rings. The van der Waals surface area contributed by atoms with Crippen molar-refractivity contribution in [2.75, 3.05) is 0 Å². The van der Waals surface area contributed by atoms with Gasteiger partial charge in [0, 0.05) is 5.92 Å². The normalized spacial score (nSPS) is 16.1. The summed E-state index contributed by atoms with van der Waals surface area (Å²) < 4.78 is 18.9. The standard InChI is InChI=1S/C7H13N3OS2/c1-4(2)6-10-5(3)7(12-6)13(8,9)11/h4H,1-3H3,(H3,8,9,11). The highest BCUT2D eigenvalue weighted by Crippen LogP contribution is 2.27. The molecule has 0 spiro atoms. The first-order valence-corrected chi connectivity index (χ1v) is 6.30. The molecule has 1 aromatic rings. The highest BCUT2D eigenvalue weighted by Gasteiger charge is 2.15. The molecule has 0 saturated heterocycles. The number of rotatable bonds is 2. The van der Waals surface area contributed by atoms with E-state index in [0.717, 1.165) is 5.01 Å². The van der Waals surface area contributed by atoms with E-state index in [1.165, 1.54) is 11.3 Å². The lowest BCUT2D eigenvalue weighted by Crippen LogP contribution is -2.09. The van der Waals surface area contributed by atoms with E-state index >= 15 is 0 Å². The first-order chi connectivity index (χ1) is 5.82. The Labute approximate surface area is 82.3 Å². The number of aromatic nitrogens is 1. The average molecular weight is 219 g/mol. The van der Waals surface area contributed by atoms with Gasteiger partial charge in [0.25, 0.3) is 0 Å². The van der Waals surface area contributed by atoms with E-state index in [2.05, 4.69) is 4.98 Å². The van der Waals surface area contributed by atoms with Crippen LogP contribution in [0.25, 0.3) is 0 Å². The van der Waals surface area contributed by atoms with Crippen molar-refractivity contribution in [3.8, 4) is 0 Å². The van der Waals surface area contributed by atoms with Crippen LogP contribution < -0.4 is 5.14 Å². The third kappa shape index (κ3) is 2.26. The van der Waals surface area contributed by atoms with Gasteiger partial charge in [-0.15, -0.1) is 11.3 Å². The smallest absolute Gasteiger partial charge is 0.143 e. The molecule has 13 heavy (non-hydrogen) atoms. The number of thiazole rings is 1. The highest BCUT2D eigenvalue weighted by molar-refractivity contribution is 7.92. The van der Waals surface area contributed by atoms with Crippen molar-refractivity contribution in [3.63, 3.8) is 0 Å². The van der Waals surface area contributed by atoms with Crippen molar-refractivity contribution in [2.45, 2.75) is 30.9 Å². The van der Waals surface area contributed by atoms with E-state index in [4.69, 9.17) is 9.92 Å². The molecule has 1 atom stereocenters. The molecule has 74 valence electrons. The third-order valence-corrected chi connectivity index (χ3v) is 4.63. The van der Waals surface area contributed by atoms with E-state index in [1.54, 1.807) is 6.92 Å². The van der Waals surface area contributed by atoms with E-state index in [0.29, 0.717) is 15.8 Å². The third-order valence-electron chi connectivity index (χ3n) is 1.54. The Hall–Kier alpha value is -0.460. The Morgan fingerprint density at radius 3 is 2.38 bits per heavy atom. The molecule has 4 nitrogen and oxygen atoms in total. The molecule has 1 unspecified atom stereocenters. The summed E-state index contributed by atoms with van der Waals surface area (Å²) >= 11 is 1.28. The summed E-state index contributed by atoms with van der Waals surface area (Å²) in [4.78, 5) is 4.22. The van der Waals surface area contributed by atoms with Crippen molar-refractivity contribution < 1.29 is 4.21 Å². The van der Waals surface area contributed by atoms with E-state index in [-0.39, 0.29) is 0 Å². The minimum atomic E-state index is -3.09. The summed E-state index contributed by atoms with van der Waals surface area (Å²) in [5.41, 5.74) is 0.621. The molecule has 0 radical (unpaired) electrons. The van der Waals surface area contributed by atoms with Gasteiger partial charge in [-0.25, -0.2) is 19.1 Å². The average Bonchev–Trinajstić information content (AvgIpc) is 2.29. The van der Waals surface area contributed by atoms with Gasteiger partial charge in [0.15, 0.2) is 0 Å². The van der Waals surface area contributed by atoms with Gasteiger partial charge < -0.3 is 0 Å². The summed E-state index contributed by atoms with van der Waals surface area (Å²) in [5.74, 6) is 0.291. The van der Waals surface area contributed by atoms with Gasteiger partial charge in [-0.2, -0.15) is 0 Å². The zero-order chi connectivity index (χ0) is 10.2. The van der Waals surface area contributed by atoms with Gasteiger partial charge in [-0.05, 0) is 6.92 Å². The second-order valence-electron chi connectivity index (χ2n) is 3.18. The number of nitrogens with one attached hydrogen (secondary N) is 1. The monoisotopic (exact) mass is 219 g/mol. The van der Waals surface area contributed by atoms with Gasteiger partial charge >= 0.3 is 0 Å². The first-order valence-electron chi connectivity index (χ1n) is 3.86.